The second-order valence-corrected chi connectivity index (χ2v) is 8.37. The fraction of sp³-hybridized carbons (Fsp3) is 0.158. The van der Waals surface area contributed by atoms with E-state index in [0.29, 0.717) is 10.5 Å². The van der Waals surface area contributed by atoms with Gasteiger partial charge in [-0.2, -0.15) is 8.42 Å². The van der Waals surface area contributed by atoms with Crippen molar-refractivity contribution < 1.29 is 23.1 Å². The first-order chi connectivity index (χ1) is 13.4. The molecular weight excluding hydrogens is 400 g/mol. The molecule has 28 heavy (non-hydrogen) atoms. The van der Waals surface area contributed by atoms with Crippen molar-refractivity contribution in [3.8, 4) is 11.5 Å². The van der Waals surface area contributed by atoms with Gasteiger partial charge in [0.25, 0.3) is 15.9 Å². The van der Waals surface area contributed by atoms with Gasteiger partial charge < -0.3 is 9.84 Å². The Kier molecular flexibility index (Phi) is 5.76. The molecule has 1 fully saturated rings. The summed E-state index contributed by atoms with van der Waals surface area (Å²) < 4.78 is 34.0. The first-order valence-electron chi connectivity index (χ1n) is 8.34. The van der Waals surface area contributed by atoms with Crippen molar-refractivity contribution in [3.05, 3.63) is 59.0 Å². The molecule has 0 atom stereocenters. The van der Waals surface area contributed by atoms with Crippen LogP contribution in [0.15, 0.2) is 62.7 Å². The van der Waals surface area contributed by atoms with E-state index in [1.807, 2.05) is 0 Å². The minimum absolute atomic E-state index is 0.0126. The maximum absolute atomic E-state index is 12.7. The van der Waals surface area contributed by atoms with Crippen LogP contribution in [0.2, 0.25) is 0 Å². The lowest BCUT2D eigenvalue weighted by molar-refractivity contribution is -0.122. The number of nitrogens with zero attached hydrogens (tertiary/aromatic N) is 2. The number of hydrogen-bond acceptors (Lipinski definition) is 6. The Morgan fingerprint density at radius 1 is 1.21 bits per heavy atom. The number of sulfonamides is 1. The number of aromatic hydroxyl groups is 1. The highest BCUT2D eigenvalue weighted by Crippen LogP contribution is 2.35. The van der Waals surface area contributed by atoms with Gasteiger partial charge in [0.15, 0.2) is 16.7 Å². The number of thioether (sulfide) groups is 1. The van der Waals surface area contributed by atoms with E-state index >= 15 is 0 Å². The zero-order chi connectivity index (χ0) is 20.3. The third-order valence-electron chi connectivity index (χ3n) is 3.95. The van der Waals surface area contributed by atoms with Gasteiger partial charge in [-0.05, 0) is 54.6 Å². The minimum Gasteiger partial charge on any atom is -0.504 e. The standard InChI is InChI=1S/C19H18N2O5S2/c1-3-21-18(23)17(12-13-9-10-15(22)16(11-13)26-2)27-19(21)20-28(24,25)14-7-5-4-6-8-14/h4-12,22H,3H2,1-2H3/b17-12-,20-19?. The lowest BCUT2D eigenvalue weighted by Crippen LogP contribution is -2.29. The van der Waals surface area contributed by atoms with Crippen LogP contribution in [0.1, 0.15) is 12.5 Å². The number of ether oxygens (including phenoxy) is 1. The predicted octanol–water partition coefficient (Wildman–Crippen LogP) is 3.08. The van der Waals surface area contributed by atoms with Gasteiger partial charge in [0.05, 0.1) is 16.9 Å². The lowest BCUT2D eigenvalue weighted by atomic mass is 10.2. The van der Waals surface area contributed by atoms with Crippen LogP contribution in [0.5, 0.6) is 11.5 Å². The van der Waals surface area contributed by atoms with E-state index < -0.39 is 10.0 Å². The van der Waals surface area contributed by atoms with Crippen molar-refractivity contribution in [1.82, 2.24) is 4.90 Å². The number of benzene rings is 2. The summed E-state index contributed by atoms with van der Waals surface area (Å²) in [5.41, 5.74) is 0.633. The van der Waals surface area contributed by atoms with E-state index in [2.05, 4.69) is 4.40 Å². The molecule has 7 nitrogen and oxygen atoms in total. The number of phenolic OH excluding ortho intramolecular Hbond substituents is 1. The largest absolute Gasteiger partial charge is 0.504 e. The second kappa shape index (κ2) is 8.07. The maximum atomic E-state index is 12.7. The molecule has 3 rings (SSSR count). The molecule has 1 saturated heterocycles. The normalized spacial score (nSPS) is 17.5. The highest BCUT2D eigenvalue weighted by atomic mass is 32.2. The summed E-state index contributed by atoms with van der Waals surface area (Å²) in [6, 6.07) is 12.5. The monoisotopic (exact) mass is 418 g/mol. The van der Waals surface area contributed by atoms with Crippen LogP contribution in [0.4, 0.5) is 0 Å². The van der Waals surface area contributed by atoms with Crippen molar-refractivity contribution >= 4 is 38.9 Å². The fourth-order valence-corrected chi connectivity index (χ4v) is 4.80. The molecule has 0 aliphatic carbocycles. The van der Waals surface area contributed by atoms with Gasteiger partial charge in [0.2, 0.25) is 0 Å². The van der Waals surface area contributed by atoms with Crippen molar-refractivity contribution in [2.45, 2.75) is 11.8 Å². The van der Waals surface area contributed by atoms with Crippen LogP contribution in [-0.4, -0.2) is 43.2 Å². The summed E-state index contributed by atoms with van der Waals surface area (Å²) >= 11 is 0.990. The number of likely N-dealkylation sites (N-methyl/N-ethyl adjacent to an activating group) is 1. The molecule has 2 aromatic rings. The molecule has 146 valence electrons. The van der Waals surface area contributed by atoms with Gasteiger partial charge >= 0.3 is 0 Å². The van der Waals surface area contributed by atoms with E-state index in [1.165, 1.54) is 30.2 Å². The summed E-state index contributed by atoms with van der Waals surface area (Å²) in [5.74, 6) is -0.0688. The first kappa shape index (κ1) is 20.0. The summed E-state index contributed by atoms with van der Waals surface area (Å²) in [4.78, 5) is 14.4. The van der Waals surface area contributed by atoms with Gasteiger partial charge in [-0.15, -0.1) is 4.40 Å². The molecule has 2 aromatic carbocycles. The zero-order valence-electron chi connectivity index (χ0n) is 15.2. The Morgan fingerprint density at radius 2 is 1.93 bits per heavy atom. The smallest absolute Gasteiger partial charge is 0.284 e. The number of rotatable bonds is 5. The quantitative estimate of drug-likeness (QED) is 0.750. The highest BCUT2D eigenvalue weighted by molar-refractivity contribution is 8.19. The third-order valence-corrected chi connectivity index (χ3v) is 6.35. The predicted molar refractivity (Wildman–Crippen MR) is 109 cm³/mol. The fourth-order valence-electron chi connectivity index (χ4n) is 2.54. The van der Waals surface area contributed by atoms with Crippen LogP contribution >= 0.6 is 11.8 Å². The van der Waals surface area contributed by atoms with Crippen molar-refractivity contribution in [2.75, 3.05) is 13.7 Å². The van der Waals surface area contributed by atoms with E-state index in [-0.39, 0.29) is 34.0 Å². The molecule has 0 bridgehead atoms. The lowest BCUT2D eigenvalue weighted by Gasteiger charge is -2.11. The Balaban J connectivity index is 1.97. The molecule has 1 aliphatic heterocycles. The minimum atomic E-state index is -3.93. The van der Waals surface area contributed by atoms with Crippen LogP contribution < -0.4 is 4.74 Å². The Hall–Kier alpha value is -2.78. The van der Waals surface area contributed by atoms with Crippen molar-refractivity contribution in [2.24, 2.45) is 4.40 Å². The number of carbonyl (C=O) groups excluding carboxylic acids is 1. The Morgan fingerprint density at radius 3 is 2.57 bits per heavy atom. The average molecular weight is 418 g/mol. The van der Waals surface area contributed by atoms with Crippen molar-refractivity contribution in [1.29, 1.82) is 0 Å². The molecule has 0 spiro atoms. The topological polar surface area (TPSA) is 96.3 Å². The summed E-state index contributed by atoms with van der Waals surface area (Å²) in [5, 5.41) is 9.80. The van der Waals surface area contributed by atoms with E-state index in [1.54, 1.807) is 43.3 Å². The average Bonchev–Trinajstić information content (AvgIpc) is 2.97. The van der Waals surface area contributed by atoms with Crippen LogP contribution in [-0.2, 0) is 14.8 Å². The molecule has 1 N–H and O–H groups in total. The molecule has 0 aromatic heterocycles. The number of phenols is 1. The van der Waals surface area contributed by atoms with Crippen LogP contribution in [0.3, 0.4) is 0 Å². The van der Waals surface area contributed by atoms with Crippen LogP contribution in [0.25, 0.3) is 6.08 Å². The number of methoxy groups -OCH3 is 1. The van der Waals surface area contributed by atoms with Gasteiger partial charge in [-0.3, -0.25) is 9.69 Å². The molecular formula is C19H18N2O5S2. The molecule has 0 saturated carbocycles. The SMILES string of the molecule is CCN1C(=O)/C(=C/c2ccc(O)c(OC)c2)SC1=NS(=O)(=O)c1ccccc1. The summed E-state index contributed by atoms with van der Waals surface area (Å²) in [6.45, 7) is 2.03. The summed E-state index contributed by atoms with van der Waals surface area (Å²) in [6.07, 6.45) is 1.61. The first-order valence-corrected chi connectivity index (χ1v) is 10.6. The van der Waals surface area contributed by atoms with Gasteiger partial charge in [0.1, 0.15) is 0 Å². The number of carbonyl (C=O) groups is 1. The third kappa shape index (κ3) is 4.05. The molecule has 1 heterocycles. The summed E-state index contributed by atoms with van der Waals surface area (Å²) in [7, 11) is -2.50. The van der Waals surface area contributed by atoms with E-state index in [0.717, 1.165) is 11.8 Å². The van der Waals surface area contributed by atoms with Crippen LogP contribution in [0, 0.1) is 0 Å². The molecule has 0 unspecified atom stereocenters. The number of amidine groups is 1. The van der Waals surface area contributed by atoms with Gasteiger partial charge in [-0.1, -0.05) is 24.3 Å². The zero-order valence-corrected chi connectivity index (χ0v) is 16.8. The molecule has 0 radical (unpaired) electrons. The van der Waals surface area contributed by atoms with Gasteiger partial charge in [-0.25, -0.2) is 0 Å². The second-order valence-electron chi connectivity index (χ2n) is 5.75. The maximum Gasteiger partial charge on any atom is 0.284 e. The number of hydrogen-bond donors (Lipinski definition) is 1. The number of amides is 1. The van der Waals surface area contributed by atoms with Crippen molar-refractivity contribution in [3.63, 3.8) is 0 Å². The van der Waals surface area contributed by atoms with E-state index in [4.69, 9.17) is 4.74 Å². The van der Waals surface area contributed by atoms with E-state index in [9.17, 15) is 18.3 Å². The Labute approximate surface area is 167 Å². The molecule has 9 heteroatoms. The van der Waals surface area contributed by atoms with Gasteiger partial charge in [0, 0.05) is 6.54 Å². The highest BCUT2D eigenvalue weighted by Gasteiger charge is 2.34. The molecule has 1 aliphatic rings. The molecule has 1 amide bonds. The Bertz CT molecular complexity index is 1060.